The van der Waals surface area contributed by atoms with Crippen LogP contribution in [0.15, 0.2) is 18.3 Å². The third-order valence-corrected chi connectivity index (χ3v) is 4.51. The van der Waals surface area contributed by atoms with Crippen LogP contribution in [0.3, 0.4) is 0 Å². The first-order chi connectivity index (χ1) is 9.81. The van der Waals surface area contributed by atoms with Gasteiger partial charge in [-0.2, -0.15) is 0 Å². The minimum atomic E-state index is 0.865. The molecule has 4 heteroatoms. The number of hydrogen-bond acceptors (Lipinski definition) is 4. The van der Waals surface area contributed by atoms with Crippen LogP contribution in [-0.4, -0.2) is 55.7 Å². The molecular formula is C16H26N4. The van der Waals surface area contributed by atoms with Gasteiger partial charge in [0.2, 0.25) is 0 Å². The van der Waals surface area contributed by atoms with Crippen LogP contribution in [-0.2, 0) is 0 Å². The molecule has 3 rings (SSSR count). The van der Waals surface area contributed by atoms with Crippen LogP contribution in [0, 0.1) is 12.8 Å². The number of hydrogen-bond donors (Lipinski definition) is 1. The maximum absolute atomic E-state index is 4.30. The number of nitrogens with zero attached hydrogens (tertiary/aromatic N) is 3. The number of pyridine rings is 1. The van der Waals surface area contributed by atoms with Crippen molar-refractivity contribution in [3.63, 3.8) is 0 Å². The molecule has 0 amide bonds. The lowest BCUT2D eigenvalue weighted by molar-refractivity contribution is 0.252. The minimum Gasteiger partial charge on any atom is -0.370 e. The van der Waals surface area contributed by atoms with Crippen LogP contribution < -0.4 is 10.2 Å². The van der Waals surface area contributed by atoms with E-state index in [1.165, 1.54) is 57.8 Å². The number of nitrogens with one attached hydrogen (secondary N) is 1. The Kier molecular flexibility index (Phi) is 4.53. The summed E-state index contributed by atoms with van der Waals surface area (Å²) in [5.41, 5.74) is 2.45. The normalized spacial score (nSPS) is 24.9. The average Bonchev–Trinajstić information content (AvgIpc) is 2.84. The van der Waals surface area contributed by atoms with Gasteiger partial charge in [-0.05, 0) is 57.5 Å². The van der Waals surface area contributed by atoms with Crippen LogP contribution >= 0.6 is 0 Å². The van der Waals surface area contributed by atoms with Crippen molar-refractivity contribution in [1.82, 2.24) is 15.2 Å². The molecule has 0 radical (unpaired) electrons. The first-order valence-electron chi connectivity index (χ1n) is 7.92. The van der Waals surface area contributed by atoms with Crippen molar-refractivity contribution in [1.29, 1.82) is 0 Å². The second-order valence-electron chi connectivity index (χ2n) is 6.16. The summed E-state index contributed by atoms with van der Waals surface area (Å²) in [4.78, 5) is 9.47. The zero-order chi connectivity index (χ0) is 13.8. The zero-order valence-corrected chi connectivity index (χ0v) is 12.5. The Bertz CT molecular complexity index is 428. The second kappa shape index (κ2) is 6.55. The SMILES string of the molecule is Cc1cc(N2CCCN(CC3CCNC3)CC2)ccn1. The Morgan fingerprint density at radius 2 is 2.25 bits per heavy atom. The molecule has 3 heterocycles. The number of aromatic nitrogens is 1. The largest absolute Gasteiger partial charge is 0.370 e. The van der Waals surface area contributed by atoms with Crippen molar-refractivity contribution >= 4 is 5.69 Å². The summed E-state index contributed by atoms with van der Waals surface area (Å²) in [6.07, 6.45) is 4.54. The molecule has 20 heavy (non-hydrogen) atoms. The molecule has 2 saturated heterocycles. The highest BCUT2D eigenvalue weighted by Gasteiger charge is 2.20. The van der Waals surface area contributed by atoms with Crippen LogP contribution in [0.25, 0.3) is 0 Å². The molecule has 0 aromatic carbocycles. The first kappa shape index (κ1) is 13.8. The molecule has 1 aromatic heterocycles. The van der Waals surface area contributed by atoms with E-state index in [1.807, 2.05) is 6.20 Å². The molecule has 0 spiro atoms. The van der Waals surface area contributed by atoms with E-state index in [0.29, 0.717) is 0 Å². The Labute approximate surface area is 122 Å². The van der Waals surface area contributed by atoms with E-state index in [1.54, 1.807) is 0 Å². The summed E-state index contributed by atoms with van der Waals surface area (Å²) in [7, 11) is 0. The van der Waals surface area contributed by atoms with Crippen molar-refractivity contribution in [2.24, 2.45) is 5.92 Å². The van der Waals surface area contributed by atoms with Crippen LogP contribution in [0.1, 0.15) is 18.5 Å². The highest BCUT2D eigenvalue weighted by Crippen LogP contribution is 2.18. The van der Waals surface area contributed by atoms with Crippen molar-refractivity contribution in [2.45, 2.75) is 19.8 Å². The van der Waals surface area contributed by atoms with Gasteiger partial charge in [0.25, 0.3) is 0 Å². The van der Waals surface area contributed by atoms with Crippen molar-refractivity contribution in [3.05, 3.63) is 24.0 Å². The van der Waals surface area contributed by atoms with Gasteiger partial charge in [-0.1, -0.05) is 0 Å². The fourth-order valence-electron chi connectivity index (χ4n) is 3.37. The number of anilines is 1. The zero-order valence-electron chi connectivity index (χ0n) is 12.5. The van der Waals surface area contributed by atoms with Gasteiger partial charge >= 0.3 is 0 Å². The average molecular weight is 274 g/mol. The fraction of sp³-hybridized carbons (Fsp3) is 0.688. The molecule has 0 aliphatic carbocycles. The molecule has 1 atom stereocenters. The first-order valence-corrected chi connectivity index (χ1v) is 7.92. The highest BCUT2D eigenvalue weighted by atomic mass is 15.2. The molecule has 2 fully saturated rings. The third kappa shape index (κ3) is 3.49. The van der Waals surface area contributed by atoms with E-state index in [-0.39, 0.29) is 0 Å². The maximum Gasteiger partial charge on any atom is 0.0400 e. The predicted molar refractivity (Wildman–Crippen MR) is 83.2 cm³/mol. The van der Waals surface area contributed by atoms with E-state index < -0.39 is 0 Å². The highest BCUT2D eigenvalue weighted by molar-refractivity contribution is 5.46. The van der Waals surface area contributed by atoms with E-state index in [0.717, 1.165) is 18.2 Å². The predicted octanol–water partition coefficient (Wildman–Crippen LogP) is 1.51. The van der Waals surface area contributed by atoms with Crippen LogP contribution in [0.4, 0.5) is 5.69 Å². The topological polar surface area (TPSA) is 31.4 Å². The summed E-state index contributed by atoms with van der Waals surface area (Å²) in [6, 6.07) is 4.35. The molecule has 0 saturated carbocycles. The smallest absolute Gasteiger partial charge is 0.0400 e. The van der Waals surface area contributed by atoms with Gasteiger partial charge in [-0.3, -0.25) is 4.98 Å². The van der Waals surface area contributed by atoms with Gasteiger partial charge in [-0.15, -0.1) is 0 Å². The fourth-order valence-corrected chi connectivity index (χ4v) is 3.37. The Hall–Kier alpha value is -1.13. The summed E-state index contributed by atoms with van der Waals surface area (Å²) in [5, 5.41) is 3.47. The summed E-state index contributed by atoms with van der Waals surface area (Å²) >= 11 is 0. The maximum atomic E-state index is 4.30. The molecule has 1 N–H and O–H groups in total. The van der Waals surface area contributed by atoms with Gasteiger partial charge in [0.05, 0.1) is 0 Å². The van der Waals surface area contributed by atoms with Crippen molar-refractivity contribution in [3.8, 4) is 0 Å². The van der Waals surface area contributed by atoms with E-state index in [2.05, 4.69) is 39.2 Å². The molecule has 2 aliphatic heterocycles. The number of rotatable bonds is 3. The van der Waals surface area contributed by atoms with Gasteiger partial charge in [0.15, 0.2) is 0 Å². The number of aryl methyl sites for hydroxylation is 1. The third-order valence-electron chi connectivity index (χ3n) is 4.51. The molecular weight excluding hydrogens is 248 g/mol. The van der Waals surface area contributed by atoms with Gasteiger partial charge < -0.3 is 15.1 Å². The lowest BCUT2D eigenvalue weighted by atomic mass is 10.1. The van der Waals surface area contributed by atoms with Crippen LogP contribution in [0.5, 0.6) is 0 Å². The molecule has 1 aromatic rings. The molecule has 4 nitrogen and oxygen atoms in total. The molecule has 1 unspecified atom stereocenters. The summed E-state index contributed by atoms with van der Waals surface area (Å²) in [6.45, 7) is 10.5. The Morgan fingerprint density at radius 1 is 1.30 bits per heavy atom. The minimum absolute atomic E-state index is 0.865. The van der Waals surface area contributed by atoms with Gasteiger partial charge in [0, 0.05) is 43.8 Å². The van der Waals surface area contributed by atoms with Gasteiger partial charge in [-0.25, -0.2) is 0 Å². The van der Waals surface area contributed by atoms with Crippen molar-refractivity contribution < 1.29 is 0 Å². The lowest BCUT2D eigenvalue weighted by Gasteiger charge is -2.25. The molecule has 2 aliphatic rings. The molecule has 110 valence electrons. The lowest BCUT2D eigenvalue weighted by Crippen LogP contribution is -2.34. The molecule has 0 bridgehead atoms. The van der Waals surface area contributed by atoms with E-state index >= 15 is 0 Å². The standard InChI is InChI=1S/C16H26N4/c1-14-11-16(4-6-18-14)20-8-2-7-19(9-10-20)13-15-3-5-17-12-15/h4,6,11,15,17H,2-3,5,7-10,12-13H2,1H3. The van der Waals surface area contributed by atoms with Crippen LogP contribution in [0.2, 0.25) is 0 Å². The summed E-state index contributed by atoms with van der Waals surface area (Å²) < 4.78 is 0. The van der Waals surface area contributed by atoms with E-state index in [4.69, 9.17) is 0 Å². The van der Waals surface area contributed by atoms with E-state index in [9.17, 15) is 0 Å². The monoisotopic (exact) mass is 274 g/mol. The quantitative estimate of drug-likeness (QED) is 0.905. The Morgan fingerprint density at radius 3 is 3.05 bits per heavy atom. The summed E-state index contributed by atoms with van der Waals surface area (Å²) in [5.74, 6) is 0.865. The van der Waals surface area contributed by atoms with Gasteiger partial charge in [0.1, 0.15) is 0 Å². The Balaban J connectivity index is 1.56. The van der Waals surface area contributed by atoms with Crippen molar-refractivity contribution in [2.75, 3.05) is 50.7 Å². The second-order valence-corrected chi connectivity index (χ2v) is 6.16.